The van der Waals surface area contributed by atoms with Gasteiger partial charge in [0.2, 0.25) is 0 Å². The van der Waals surface area contributed by atoms with Crippen LogP contribution in [0.2, 0.25) is 0 Å². The van der Waals surface area contributed by atoms with E-state index in [4.69, 9.17) is 8.83 Å². The number of nitro benzene ring substituents is 1. The van der Waals surface area contributed by atoms with Crippen LogP contribution in [0.25, 0.3) is 0 Å². The summed E-state index contributed by atoms with van der Waals surface area (Å²) in [7, 11) is 0. The number of hydrogen-bond acceptors (Lipinski definition) is 8. The molecule has 0 saturated heterocycles. The predicted molar refractivity (Wildman–Crippen MR) is 96.8 cm³/mol. The van der Waals surface area contributed by atoms with Crippen molar-refractivity contribution in [3.63, 3.8) is 0 Å². The summed E-state index contributed by atoms with van der Waals surface area (Å²) in [6, 6.07) is 7.40. The quantitative estimate of drug-likeness (QED) is 0.515. The lowest BCUT2D eigenvalue weighted by molar-refractivity contribution is -0.384. The van der Waals surface area contributed by atoms with Crippen molar-refractivity contribution in [1.29, 1.82) is 0 Å². The molecule has 9 heteroatoms. The van der Waals surface area contributed by atoms with E-state index in [9.17, 15) is 29.9 Å². The van der Waals surface area contributed by atoms with E-state index in [0.717, 1.165) is 0 Å². The minimum absolute atomic E-state index is 0.147. The van der Waals surface area contributed by atoms with E-state index in [1.54, 1.807) is 0 Å². The minimum Gasteiger partial charge on any atom is -0.507 e. The average molecular weight is 385 g/mol. The molecule has 0 bridgehead atoms. The minimum atomic E-state index is -1.27. The van der Waals surface area contributed by atoms with Crippen molar-refractivity contribution in [1.82, 2.24) is 0 Å². The second kappa shape index (κ2) is 7.03. The Morgan fingerprint density at radius 3 is 1.68 bits per heavy atom. The average Bonchev–Trinajstić information content (AvgIpc) is 2.58. The molecule has 0 saturated carbocycles. The number of non-ortho nitro benzene ring substituents is 1. The molecule has 28 heavy (non-hydrogen) atoms. The molecule has 2 N–H and O–H groups in total. The number of rotatable bonds is 4. The Balaban J connectivity index is 2.35. The smallest absolute Gasteiger partial charge is 0.343 e. The molecule has 2 heterocycles. The maximum Gasteiger partial charge on any atom is 0.343 e. The van der Waals surface area contributed by atoms with Crippen LogP contribution in [0.3, 0.4) is 0 Å². The van der Waals surface area contributed by atoms with Crippen molar-refractivity contribution in [3.8, 4) is 11.5 Å². The van der Waals surface area contributed by atoms with E-state index in [-0.39, 0.29) is 33.9 Å². The Morgan fingerprint density at radius 2 is 1.32 bits per heavy atom. The molecule has 144 valence electrons. The van der Waals surface area contributed by atoms with Crippen LogP contribution in [0.4, 0.5) is 5.69 Å². The zero-order chi connectivity index (χ0) is 20.6. The Hall–Kier alpha value is -3.88. The summed E-state index contributed by atoms with van der Waals surface area (Å²) in [5.74, 6) is -1.87. The van der Waals surface area contributed by atoms with Gasteiger partial charge in [-0.05, 0) is 19.4 Å². The van der Waals surface area contributed by atoms with Crippen molar-refractivity contribution in [2.75, 3.05) is 0 Å². The van der Waals surface area contributed by atoms with Crippen molar-refractivity contribution in [2.45, 2.75) is 19.8 Å². The highest BCUT2D eigenvalue weighted by Crippen LogP contribution is 2.38. The zero-order valence-electron chi connectivity index (χ0n) is 14.8. The highest BCUT2D eigenvalue weighted by molar-refractivity contribution is 5.51. The fourth-order valence-electron chi connectivity index (χ4n) is 3.01. The number of aryl methyl sites for hydroxylation is 2. The van der Waals surface area contributed by atoms with Gasteiger partial charge in [-0.2, -0.15) is 0 Å². The van der Waals surface area contributed by atoms with E-state index in [1.807, 2.05) is 0 Å². The van der Waals surface area contributed by atoms with E-state index in [0.29, 0.717) is 0 Å². The monoisotopic (exact) mass is 385 g/mol. The highest BCUT2D eigenvalue weighted by Gasteiger charge is 2.31. The summed E-state index contributed by atoms with van der Waals surface area (Å²) in [4.78, 5) is 35.2. The Bertz CT molecular complexity index is 1110. The molecule has 0 fully saturated rings. The summed E-state index contributed by atoms with van der Waals surface area (Å²) >= 11 is 0. The van der Waals surface area contributed by atoms with Gasteiger partial charge in [-0.15, -0.1) is 0 Å². The lowest BCUT2D eigenvalue weighted by Gasteiger charge is -2.18. The van der Waals surface area contributed by atoms with Gasteiger partial charge in [-0.3, -0.25) is 10.1 Å². The number of hydrogen-bond donors (Lipinski definition) is 2. The van der Waals surface area contributed by atoms with Gasteiger partial charge in [0.25, 0.3) is 5.69 Å². The molecule has 0 aliphatic heterocycles. The Labute approximate surface area is 157 Å². The number of aromatic hydroxyl groups is 2. The van der Waals surface area contributed by atoms with E-state index >= 15 is 0 Å². The maximum absolute atomic E-state index is 12.5. The van der Waals surface area contributed by atoms with Gasteiger partial charge in [0.05, 0.1) is 22.0 Å². The SMILES string of the molecule is Cc1cc(O)c(C(c2ccc([N+](=O)[O-])cc2)c2c(O)cc(C)oc2=O)c(=O)o1. The van der Waals surface area contributed by atoms with Crippen LogP contribution < -0.4 is 11.3 Å². The van der Waals surface area contributed by atoms with Crippen LogP contribution in [0.1, 0.15) is 34.1 Å². The first kappa shape index (κ1) is 18.9. The molecule has 0 spiro atoms. The standard InChI is InChI=1S/C19H15NO8/c1-9-7-13(21)16(18(23)27-9)15(11-3-5-12(6-4-11)20(25)26)17-14(22)8-10(2)28-19(17)24/h3-8,15,21-22H,1-2H3. The second-order valence-electron chi connectivity index (χ2n) is 6.17. The lowest BCUT2D eigenvalue weighted by atomic mass is 9.85. The number of nitrogens with zero attached hydrogens (tertiary/aromatic N) is 1. The highest BCUT2D eigenvalue weighted by atomic mass is 16.6. The summed E-state index contributed by atoms with van der Waals surface area (Å²) in [5.41, 5.74) is -2.40. The molecule has 0 aliphatic rings. The molecule has 0 amide bonds. The van der Waals surface area contributed by atoms with Gasteiger partial charge in [-0.1, -0.05) is 12.1 Å². The van der Waals surface area contributed by atoms with Gasteiger partial charge in [0.15, 0.2) is 0 Å². The number of nitro groups is 1. The summed E-state index contributed by atoms with van der Waals surface area (Å²) in [5, 5.41) is 31.6. The van der Waals surface area contributed by atoms with Crippen LogP contribution >= 0.6 is 0 Å². The van der Waals surface area contributed by atoms with Gasteiger partial charge >= 0.3 is 11.3 Å². The molecule has 0 atom stereocenters. The van der Waals surface area contributed by atoms with Gasteiger partial charge < -0.3 is 19.0 Å². The van der Waals surface area contributed by atoms with Crippen molar-refractivity contribution < 1.29 is 24.0 Å². The fraction of sp³-hybridized carbons (Fsp3) is 0.158. The van der Waals surface area contributed by atoms with Crippen molar-refractivity contribution in [2.24, 2.45) is 0 Å². The Kier molecular flexibility index (Phi) is 4.74. The van der Waals surface area contributed by atoms with Gasteiger partial charge in [-0.25, -0.2) is 9.59 Å². The molecule has 0 radical (unpaired) electrons. The largest absolute Gasteiger partial charge is 0.507 e. The molecule has 1 aromatic carbocycles. The van der Waals surface area contributed by atoms with Crippen molar-refractivity contribution in [3.05, 3.63) is 95.6 Å². The molecule has 9 nitrogen and oxygen atoms in total. The van der Waals surface area contributed by atoms with Crippen LogP contribution in [0.5, 0.6) is 11.5 Å². The van der Waals surface area contributed by atoms with Gasteiger partial charge in [0.1, 0.15) is 23.0 Å². The molecule has 0 aliphatic carbocycles. The molecule has 3 rings (SSSR count). The second-order valence-corrected chi connectivity index (χ2v) is 6.17. The van der Waals surface area contributed by atoms with Crippen LogP contribution in [-0.2, 0) is 0 Å². The first-order chi connectivity index (χ1) is 13.2. The molecule has 3 aromatic rings. The zero-order valence-corrected chi connectivity index (χ0v) is 14.8. The van der Waals surface area contributed by atoms with Crippen LogP contribution in [0, 0.1) is 24.0 Å². The topological polar surface area (TPSA) is 144 Å². The Morgan fingerprint density at radius 1 is 0.893 bits per heavy atom. The molecular formula is C19H15NO8. The summed E-state index contributed by atoms with van der Waals surface area (Å²) < 4.78 is 10.1. The van der Waals surface area contributed by atoms with E-state index in [1.165, 1.54) is 50.2 Å². The van der Waals surface area contributed by atoms with E-state index in [2.05, 4.69) is 0 Å². The molecule has 2 aromatic heterocycles. The van der Waals surface area contributed by atoms with Crippen LogP contribution in [-0.4, -0.2) is 15.1 Å². The molecular weight excluding hydrogens is 370 g/mol. The lowest BCUT2D eigenvalue weighted by Crippen LogP contribution is -2.21. The van der Waals surface area contributed by atoms with E-state index < -0.39 is 33.6 Å². The normalized spacial score (nSPS) is 11.0. The molecule has 0 unspecified atom stereocenters. The third kappa shape index (κ3) is 3.37. The fourth-order valence-corrected chi connectivity index (χ4v) is 3.01. The predicted octanol–water partition coefficient (Wildman–Crippen LogP) is 2.71. The van der Waals surface area contributed by atoms with Crippen molar-refractivity contribution >= 4 is 5.69 Å². The third-order valence-corrected chi connectivity index (χ3v) is 4.19. The number of benzene rings is 1. The first-order valence-corrected chi connectivity index (χ1v) is 8.10. The summed E-state index contributed by atoms with van der Waals surface area (Å²) in [6.07, 6.45) is 0. The third-order valence-electron chi connectivity index (χ3n) is 4.19. The summed E-state index contributed by atoms with van der Waals surface area (Å²) in [6.45, 7) is 2.92. The van der Waals surface area contributed by atoms with Crippen LogP contribution in [0.15, 0.2) is 54.8 Å². The maximum atomic E-state index is 12.5. The first-order valence-electron chi connectivity index (χ1n) is 8.10. The van der Waals surface area contributed by atoms with Gasteiger partial charge in [0, 0.05) is 24.3 Å².